The molecule has 9 heteroatoms. The number of fused-ring (bicyclic) bond motifs is 2. The molecular weight excluding hydrogens is 396 g/mol. The number of amides is 2. The van der Waals surface area contributed by atoms with Crippen molar-refractivity contribution in [1.29, 1.82) is 0 Å². The van der Waals surface area contributed by atoms with Gasteiger partial charge in [0.15, 0.2) is 0 Å². The second-order valence-electron chi connectivity index (χ2n) is 7.87. The lowest BCUT2D eigenvalue weighted by Gasteiger charge is -2.17. The van der Waals surface area contributed by atoms with Crippen LogP contribution in [0.3, 0.4) is 0 Å². The van der Waals surface area contributed by atoms with Crippen LogP contribution < -0.4 is 21.1 Å². The number of nitrogens with zero attached hydrogens (tertiary/aromatic N) is 4. The highest BCUT2D eigenvalue weighted by molar-refractivity contribution is 6.39. The summed E-state index contributed by atoms with van der Waals surface area (Å²) >= 11 is 0. The van der Waals surface area contributed by atoms with E-state index in [1.807, 2.05) is 18.2 Å². The molecule has 3 aromatic rings. The summed E-state index contributed by atoms with van der Waals surface area (Å²) < 4.78 is 1.67. The number of pyridine rings is 1. The lowest BCUT2D eigenvalue weighted by atomic mass is 10.2. The quantitative estimate of drug-likeness (QED) is 0.616. The summed E-state index contributed by atoms with van der Waals surface area (Å²) in [6.45, 7) is 2.02. The third-order valence-electron chi connectivity index (χ3n) is 5.78. The molecule has 0 radical (unpaired) electrons. The van der Waals surface area contributed by atoms with Gasteiger partial charge in [-0.05, 0) is 43.2 Å². The largest absolute Gasteiger partial charge is 0.354 e. The topological polar surface area (TPSA) is 109 Å². The molecule has 2 aromatic heterocycles. The van der Waals surface area contributed by atoms with E-state index in [-0.39, 0.29) is 11.6 Å². The van der Waals surface area contributed by atoms with Gasteiger partial charge >= 0.3 is 11.8 Å². The van der Waals surface area contributed by atoms with Crippen molar-refractivity contribution in [3.8, 4) is 0 Å². The molecule has 158 valence electrons. The predicted molar refractivity (Wildman–Crippen MR) is 116 cm³/mol. The molecule has 1 atom stereocenters. The molecule has 0 saturated carbocycles. The smallest absolute Gasteiger partial charge is 0.313 e. The molecule has 1 fully saturated rings. The van der Waals surface area contributed by atoms with Gasteiger partial charge in [0.05, 0.1) is 10.9 Å². The van der Waals surface area contributed by atoms with Gasteiger partial charge in [-0.15, -0.1) is 0 Å². The molecule has 5 rings (SSSR count). The van der Waals surface area contributed by atoms with Crippen LogP contribution in [0.1, 0.15) is 18.7 Å². The number of rotatable bonds is 3. The Bertz CT molecular complexity index is 1220. The predicted octanol–water partition coefficient (Wildman–Crippen LogP) is 1.07. The Morgan fingerprint density at radius 2 is 2.00 bits per heavy atom. The summed E-state index contributed by atoms with van der Waals surface area (Å²) in [7, 11) is 0. The van der Waals surface area contributed by atoms with Gasteiger partial charge in [0, 0.05) is 44.0 Å². The Hall–Kier alpha value is -3.75. The van der Waals surface area contributed by atoms with Crippen LogP contribution in [0.25, 0.3) is 10.9 Å². The zero-order valence-corrected chi connectivity index (χ0v) is 16.9. The van der Waals surface area contributed by atoms with Gasteiger partial charge in [0.1, 0.15) is 11.6 Å². The average molecular weight is 418 g/mol. The van der Waals surface area contributed by atoms with E-state index in [1.54, 1.807) is 29.0 Å². The van der Waals surface area contributed by atoms with E-state index < -0.39 is 11.8 Å². The van der Waals surface area contributed by atoms with Gasteiger partial charge < -0.3 is 15.5 Å². The number of carbonyl (C=O) groups is 2. The Labute approximate surface area is 178 Å². The fourth-order valence-corrected chi connectivity index (χ4v) is 4.23. The summed E-state index contributed by atoms with van der Waals surface area (Å²) in [5, 5.41) is 5.81. The van der Waals surface area contributed by atoms with Crippen molar-refractivity contribution in [1.82, 2.24) is 19.9 Å². The molecule has 0 spiro atoms. The summed E-state index contributed by atoms with van der Waals surface area (Å²) in [6, 6.07) is 10.5. The number of aryl methyl sites for hydroxylation is 1. The van der Waals surface area contributed by atoms with E-state index in [4.69, 9.17) is 0 Å². The Balaban J connectivity index is 1.24. The maximum absolute atomic E-state index is 12.7. The van der Waals surface area contributed by atoms with Crippen molar-refractivity contribution < 1.29 is 9.59 Å². The molecule has 1 unspecified atom stereocenters. The molecule has 0 aliphatic carbocycles. The molecule has 31 heavy (non-hydrogen) atoms. The summed E-state index contributed by atoms with van der Waals surface area (Å²) in [5.74, 6) is 0.192. The molecule has 1 aromatic carbocycles. The molecule has 9 nitrogen and oxygen atoms in total. The summed E-state index contributed by atoms with van der Waals surface area (Å²) in [4.78, 5) is 48.4. The zero-order valence-electron chi connectivity index (χ0n) is 16.9. The van der Waals surface area contributed by atoms with Crippen LogP contribution in [-0.2, 0) is 22.6 Å². The van der Waals surface area contributed by atoms with E-state index in [9.17, 15) is 14.4 Å². The lowest BCUT2D eigenvalue weighted by Crippen LogP contribution is -2.43. The van der Waals surface area contributed by atoms with Crippen LogP contribution >= 0.6 is 0 Å². The first kappa shape index (κ1) is 19.2. The molecule has 2 aliphatic heterocycles. The molecule has 1 saturated heterocycles. The van der Waals surface area contributed by atoms with Crippen LogP contribution in [-0.4, -0.2) is 45.5 Å². The van der Waals surface area contributed by atoms with Gasteiger partial charge in [-0.2, -0.15) is 0 Å². The van der Waals surface area contributed by atoms with Crippen molar-refractivity contribution in [3.05, 3.63) is 58.8 Å². The molecule has 2 amide bonds. The monoisotopic (exact) mass is 418 g/mol. The van der Waals surface area contributed by atoms with Crippen LogP contribution in [0, 0.1) is 0 Å². The summed E-state index contributed by atoms with van der Waals surface area (Å²) in [6.07, 6.45) is 4.16. The Morgan fingerprint density at radius 1 is 1.10 bits per heavy atom. The van der Waals surface area contributed by atoms with E-state index in [0.29, 0.717) is 29.7 Å². The van der Waals surface area contributed by atoms with E-state index in [0.717, 1.165) is 37.4 Å². The number of hydrogen-bond donors (Lipinski definition) is 2. The minimum Gasteiger partial charge on any atom is -0.354 e. The highest BCUT2D eigenvalue weighted by atomic mass is 16.2. The first-order valence-electron chi connectivity index (χ1n) is 10.4. The molecule has 4 heterocycles. The number of anilines is 2. The van der Waals surface area contributed by atoms with Gasteiger partial charge in [-0.3, -0.25) is 19.0 Å². The van der Waals surface area contributed by atoms with Crippen LogP contribution in [0.15, 0.2) is 47.4 Å². The van der Waals surface area contributed by atoms with E-state index in [1.165, 1.54) is 0 Å². The first-order chi connectivity index (χ1) is 15.1. The van der Waals surface area contributed by atoms with Gasteiger partial charge in [-0.25, -0.2) is 9.97 Å². The average Bonchev–Trinajstić information content (AvgIpc) is 3.45. The minimum absolute atomic E-state index is 0.112. The Kier molecular flexibility index (Phi) is 4.85. The fraction of sp³-hybridized carbons (Fsp3) is 0.318. The normalized spacial score (nSPS) is 17.5. The standard InChI is InChI=1S/C22H22N6O3/c29-20(21(30)25-15-8-11-27(13-15)18-4-1-2-9-23-18)24-14-6-7-17-16(12-14)22(31)28-10-3-5-19(28)26-17/h1-2,4,6-7,9,12,15H,3,5,8,10-11,13H2,(H,24,29)(H,25,30). The second-order valence-corrected chi connectivity index (χ2v) is 7.87. The molecule has 2 aliphatic rings. The van der Waals surface area contributed by atoms with Gasteiger partial charge in [0.25, 0.3) is 5.56 Å². The van der Waals surface area contributed by atoms with E-state index in [2.05, 4.69) is 25.5 Å². The third-order valence-corrected chi connectivity index (χ3v) is 5.78. The second kappa shape index (κ2) is 7.82. The number of hydrogen-bond acceptors (Lipinski definition) is 6. The fourth-order valence-electron chi connectivity index (χ4n) is 4.23. The van der Waals surface area contributed by atoms with Crippen molar-refractivity contribution in [3.63, 3.8) is 0 Å². The Morgan fingerprint density at radius 3 is 2.84 bits per heavy atom. The van der Waals surface area contributed by atoms with Crippen LogP contribution in [0.5, 0.6) is 0 Å². The highest BCUT2D eigenvalue weighted by Gasteiger charge is 2.27. The minimum atomic E-state index is -0.759. The maximum atomic E-state index is 12.7. The molecule has 0 bridgehead atoms. The van der Waals surface area contributed by atoms with Crippen LogP contribution in [0.4, 0.5) is 11.5 Å². The van der Waals surface area contributed by atoms with Crippen molar-refractivity contribution >= 4 is 34.2 Å². The number of aromatic nitrogens is 3. The number of benzene rings is 1. The summed E-state index contributed by atoms with van der Waals surface area (Å²) in [5.41, 5.74) is 0.881. The van der Waals surface area contributed by atoms with Crippen molar-refractivity contribution in [2.45, 2.75) is 31.8 Å². The van der Waals surface area contributed by atoms with Crippen molar-refractivity contribution in [2.24, 2.45) is 0 Å². The third kappa shape index (κ3) is 3.74. The number of carbonyl (C=O) groups excluding carboxylic acids is 2. The SMILES string of the molecule is O=C(Nc1ccc2nc3n(c(=O)c2c1)CCC3)C(=O)NC1CCN(c2ccccn2)C1. The van der Waals surface area contributed by atoms with Crippen LogP contribution in [0.2, 0.25) is 0 Å². The highest BCUT2D eigenvalue weighted by Crippen LogP contribution is 2.19. The van der Waals surface area contributed by atoms with Gasteiger partial charge in [-0.1, -0.05) is 6.07 Å². The molecular formula is C22H22N6O3. The van der Waals surface area contributed by atoms with Gasteiger partial charge in [0.2, 0.25) is 0 Å². The first-order valence-corrected chi connectivity index (χ1v) is 10.4. The lowest BCUT2D eigenvalue weighted by molar-refractivity contribution is -0.136. The number of nitrogens with one attached hydrogen (secondary N) is 2. The van der Waals surface area contributed by atoms with Crippen molar-refractivity contribution in [2.75, 3.05) is 23.3 Å². The molecule has 2 N–H and O–H groups in total. The zero-order chi connectivity index (χ0) is 21.4. The van der Waals surface area contributed by atoms with E-state index >= 15 is 0 Å². The maximum Gasteiger partial charge on any atom is 0.313 e.